The summed E-state index contributed by atoms with van der Waals surface area (Å²) in [5, 5.41) is 3.25. The zero-order valence-electron chi connectivity index (χ0n) is 10.8. The molecule has 1 aliphatic carbocycles. The molecular weight excluding hydrogens is 204 g/mol. The first-order chi connectivity index (χ1) is 7.54. The highest BCUT2D eigenvalue weighted by Gasteiger charge is 2.27. The summed E-state index contributed by atoms with van der Waals surface area (Å²) >= 11 is 0. The van der Waals surface area contributed by atoms with Gasteiger partial charge in [-0.3, -0.25) is 4.79 Å². The summed E-state index contributed by atoms with van der Waals surface area (Å²) in [7, 11) is 3.53. The number of nitrogens with one attached hydrogen (secondary N) is 1. The summed E-state index contributed by atoms with van der Waals surface area (Å²) in [4.78, 5) is 13.9. The fraction of sp³-hybridized carbons (Fsp3) is 0.917. The Labute approximate surface area is 98.3 Å². The van der Waals surface area contributed by atoms with Crippen LogP contribution in [0.3, 0.4) is 0 Å². The molecule has 4 heteroatoms. The number of hydrogen-bond acceptors (Lipinski definition) is 4. The summed E-state index contributed by atoms with van der Waals surface area (Å²) < 4.78 is 4.82. The van der Waals surface area contributed by atoms with Crippen molar-refractivity contribution in [2.24, 2.45) is 0 Å². The predicted octanol–water partition coefficient (Wildman–Crippen LogP) is 1.01. The maximum Gasteiger partial charge on any atom is 0.324 e. The van der Waals surface area contributed by atoms with Gasteiger partial charge in [0, 0.05) is 18.6 Å². The quantitative estimate of drug-likeness (QED) is 0.689. The SMILES string of the molecule is COC(=O)C(CN(C)C1CCC1)NC(C)C. The van der Waals surface area contributed by atoms with Crippen LogP contribution in [0.2, 0.25) is 0 Å². The van der Waals surface area contributed by atoms with Crippen molar-refractivity contribution in [3.05, 3.63) is 0 Å². The van der Waals surface area contributed by atoms with Gasteiger partial charge in [0.05, 0.1) is 7.11 Å². The molecular formula is C12H24N2O2. The Morgan fingerprint density at radius 1 is 1.50 bits per heavy atom. The van der Waals surface area contributed by atoms with Gasteiger partial charge in [0.2, 0.25) is 0 Å². The molecule has 1 fully saturated rings. The molecule has 1 N–H and O–H groups in total. The van der Waals surface area contributed by atoms with E-state index in [4.69, 9.17) is 4.74 Å². The van der Waals surface area contributed by atoms with Crippen LogP contribution in [0.5, 0.6) is 0 Å². The molecule has 1 aliphatic rings. The van der Waals surface area contributed by atoms with Crippen LogP contribution in [0.1, 0.15) is 33.1 Å². The second-order valence-corrected chi connectivity index (χ2v) is 4.92. The molecule has 1 rings (SSSR count). The summed E-state index contributed by atoms with van der Waals surface area (Å²) in [6.45, 7) is 4.81. The lowest BCUT2D eigenvalue weighted by Crippen LogP contribution is -2.51. The smallest absolute Gasteiger partial charge is 0.324 e. The highest BCUT2D eigenvalue weighted by molar-refractivity contribution is 5.76. The number of esters is 1. The number of carbonyl (C=O) groups excluding carboxylic acids is 1. The second kappa shape index (κ2) is 6.21. The zero-order valence-corrected chi connectivity index (χ0v) is 10.8. The minimum atomic E-state index is -0.212. The fourth-order valence-electron chi connectivity index (χ4n) is 2.00. The molecule has 16 heavy (non-hydrogen) atoms. The number of carbonyl (C=O) groups is 1. The molecule has 0 aromatic heterocycles. The predicted molar refractivity (Wildman–Crippen MR) is 64.3 cm³/mol. The normalized spacial score (nSPS) is 18.6. The highest BCUT2D eigenvalue weighted by atomic mass is 16.5. The maximum absolute atomic E-state index is 11.6. The number of hydrogen-bond donors (Lipinski definition) is 1. The molecule has 0 saturated heterocycles. The Morgan fingerprint density at radius 3 is 2.50 bits per heavy atom. The average Bonchev–Trinajstić information content (AvgIpc) is 2.11. The number of methoxy groups -OCH3 is 1. The molecule has 0 aromatic rings. The maximum atomic E-state index is 11.6. The lowest BCUT2D eigenvalue weighted by atomic mass is 9.91. The van der Waals surface area contributed by atoms with Crippen LogP contribution in [0, 0.1) is 0 Å². The van der Waals surface area contributed by atoms with Crippen molar-refractivity contribution in [3.8, 4) is 0 Å². The van der Waals surface area contributed by atoms with Gasteiger partial charge in [-0.1, -0.05) is 20.3 Å². The van der Waals surface area contributed by atoms with Crippen LogP contribution < -0.4 is 5.32 Å². The van der Waals surface area contributed by atoms with Crippen LogP contribution >= 0.6 is 0 Å². The third-order valence-corrected chi connectivity index (χ3v) is 3.19. The molecule has 1 unspecified atom stereocenters. The number of nitrogens with zero attached hydrogens (tertiary/aromatic N) is 1. The van der Waals surface area contributed by atoms with E-state index < -0.39 is 0 Å². The summed E-state index contributed by atoms with van der Waals surface area (Å²) in [5.41, 5.74) is 0. The third kappa shape index (κ3) is 3.76. The van der Waals surface area contributed by atoms with E-state index in [1.165, 1.54) is 26.4 Å². The molecule has 1 saturated carbocycles. The molecule has 0 aliphatic heterocycles. The second-order valence-electron chi connectivity index (χ2n) is 4.92. The van der Waals surface area contributed by atoms with E-state index in [0.29, 0.717) is 12.1 Å². The van der Waals surface area contributed by atoms with Crippen molar-refractivity contribution in [3.63, 3.8) is 0 Å². The van der Waals surface area contributed by atoms with Gasteiger partial charge in [0.25, 0.3) is 0 Å². The monoisotopic (exact) mass is 228 g/mol. The van der Waals surface area contributed by atoms with Gasteiger partial charge in [-0.25, -0.2) is 0 Å². The van der Waals surface area contributed by atoms with Gasteiger partial charge in [-0.05, 0) is 19.9 Å². The van der Waals surface area contributed by atoms with Gasteiger partial charge >= 0.3 is 5.97 Å². The van der Waals surface area contributed by atoms with Crippen LogP contribution in [-0.2, 0) is 9.53 Å². The summed E-state index contributed by atoms with van der Waals surface area (Å²) in [6, 6.07) is 0.732. The molecule has 0 heterocycles. The molecule has 0 bridgehead atoms. The van der Waals surface area contributed by atoms with Crippen molar-refractivity contribution >= 4 is 5.97 Å². The minimum absolute atomic E-state index is 0.167. The largest absolute Gasteiger partial charge is 0.468 e. The van der Waals surface area contributed by atoms with Crippen LogP contribution in [0.4, 0.5) is 0 Å². The van der Waals surface area contributed by atoms with Crippen molar-refractivity contribution in [1.29, 1.82) is 0 Å². The lowest BCUT2D eigenvalue weighted by Gasteiger charge is -2.36. The standard InChI is InChI=1S/C12H24N2O2/c1-9(2)13-11(12(15)16-4)8-14(3)10-6-5-7-10/h9-11,13H,5-8H2,1-4H3. The van der Waals surface area contributed by atoms with E-state index in [1.807, 2.05) is 13.8 Å². The minimum Gasteiger partial charge on any atom is -0.468 e. The first-order valence-corrected chi connectivity index (χ1v) is 6.08. The Kier molecular flexibility index (Phi) is 5.22. The van der Waals surface area contributed by atoms with Crippen molar-refractivity contribution in [1.82, 2.24) is 10.2 Å². The Balaban J connectivity index is 2.44. The molecule has 0 aromatic carbocycles. The molecule has 1 atom stereocenters. The first-order valence-electron chi connectivity index (χ1n) is 6.08. The van der Waals surface area contributed by atoms with Gasteiger partial charge in [-0.15, -0.1) is 0 Å². The Morgan fingerprint density at radius 2 is 2.12 bits per heavy atom. The highest BCUT2D eigenvalue weighted by Crippen LogP contribution is 2.23. The van der Waals surface area contributed by atoms with Gasteiger partial charge in [0.1, 0.15) is 6.04 Å². The van der Waals surface area contributed by atoms with Crippen molar-refractivity contribution < 1.29 is 9.53 Å². The van der Waals surface area contributed by atoms with Crippen LogP contribution in [0.15, 0.2) is 0 Å². The Bertz CT molecular complexity index is 227. The van der Waals surface area contributed by atoms with Gasteiger partial charge < -0.3 is 15.0 Å². The summed E-state index contributed by atoms with van der Waals surface area (Å²) in [6.07, 6.45) is 3.83. The van der Waals surface area contributed by atoms with E-state index in [9.17, 15) is 4.79 Å². The van der Waals surface area contributed by atoms with E-state index >= 15 is 0 Å². The molecule has 0 amide bonds. The van der Waals surface area contributed by atoms with E-state index in [1.54, 1.807) is 0 Å². The van der Waals surface area contributed by atoms with E-state index in [-0.39, 0.29) is 12.0 Å². The van der Waals surface area contributed by atoms with Crippen molar-refractivity contribution in [2.75, 3.05) is 20.7 Å². The van der Waals surface area contributed by atoms with Crippen molar-refractivity contribution in [2.45, 2.75) is 51.2 Å². The molecule has 4 nitrogen and oxygen atoms in total. The molecule has 0 radical (unpaired) electrons. The van der Waals surface area contributed by atoms with E-state index in [0.717, 1.165) is 6.54 Å². The van der Waals surface area contributed by atoms with Gasteiger partial charge in [0.15, 0.2) is 0 Å². The van der Waals surface area contributed by atoms with Gasteiger partial charge in [-0.2, -0.15) is 0 Å². The van der Waals surface area contributed by atoms with Crippen LogP contribution in [-0.4, -0.2) is 49.7 Å². The number of likely N-dealkylation sites (N-methyl/N-ethyl adjacent to an activating group) is 1. The number of ether oxygens (including phenoxy) is 1. The fourth-order valence-corrected chi connectivity index (χ4v) is 2.00. The topological polar surface area (TPSA) is 41.6 Å². The first kappa shape index (κ1) is 13.5. The zero-order chi connectivity index (χ0) is 12.1. The molecule has 94 valence electrons. The average molecular weight is 228 g/mol. The van der Waals surface area contributed by atoms with Crippen LogP contribution in [0.25, 0.3) is 0 Å². The van der Waals surface area contributed by atoms with E-state index in [2.05, 4.69) is 17.3 Å². The summed E-state index contributed by atoms with van der Waals surface area (Å²) in [5.74, 6) is -0.167. The lowest BCUT2D eigenvalue weighted by molar-refractivity contribution is -0.144. The Hall–Kier alpha value is -0.610. The molecule has 0 spiro atoms. The third-order valence-electron chi connectivity index (χ3n) is 3.19. The number of rotatable bonds is 6.